The second-order valence-corrected chi connectivity index (χ2v) is 6.91. The number of nitrogens with two attached hydrogens (primary N) is 1. The number of carboxylic acids is 1. The fourth-order valence-corrected chi connectivity index (χ4v) is 3.59. The molecule has 0 atom stereocenters. The fourth-order valence-electron chi connectivity index (χ4n) is 3.59. The molecule has 0 saturated heterocycles. The number of hydrogen-bond donors (Lipinski definition) is 2. The van der Waals surface area contributed by atoms with Crippen LogP contribution in [-0.4, -0.2) is 46.9 Å². The van der Waals surface area contributed by atoms with E-state index in [9.17, 15) is 9.90 Å². The van der Waals surface area contributed by atoms with Crippen LogP contribution in [0.3, 0.4) is 0 Å². The molecule has 0 radical (unpaired) electrons. The predicted octanol–water partition coefficient (Wildman–Crippen LogP) is 3.25. The molecular formula is C22H21N5O3. The summed E-state index contributed by atoms with van der Waals surface area (Å²) in [5.41, 5.74) is 8.58. The maximum atomic E-state index is 12.4. The summed E-state index contributed by atoms with van der Waals surface area (Å²) in [6.07, 6.45) is 1.85. The van der Waals surface area contributed by atoms with Crippen molar-refractivity contribution >= 4 is 22.8 Å². The van der Waals surface area contributed by atoms with Crippen LogP contribution in [0.1, 0.15) is 10.4 Å². The number of nitrogen functional groups attached to an aromatic ring is 1. The average molecular weight is 403 g/mol. The minimum absolute atomic E-state index is 0.0161. The number of hydrogen-bond acceptors (Lipinski definition) is 6. The molecule has 0 spiro atoms. The van der Waals surface area contributed by atoms with Gasteiger partial charge in [-0.15, -0.1) is 0 Å². The standard InChI is InChI=1S/C22H21N5O3/c1-26(2)27-12-15(13-8-4-6-10-16(13)27)20-18(21(28)29)19(24-22(23)25-20)14-9-5-7-11-17(14)30-3/h4-12H,1-3H3,(H,28,29)(H2,23,24,25). The summed E-state index contributed by atoms with van der Waals surface area (Å²) in [4.78, 5) is 21.0. The van der Waals surface area contributed by atoms with Crippen molar-refractivity contribution in [3.63, 3.8) is 0 Å². The number of fused-ring (bicyclic) bond motifs is 1. The van der Waals surface area contributed by atoms with Crippen LogP contribution in [0.15, 0.2) is 54.7 Å². The van der Waals surface area contributed by atoms with E-state index in [2.05, 4.69) is 9.97 Å². The van der Waals surface area contributed by atoms with Gasteiger partial charge in [-0.3, -0.25) is 4.68 Å². The van der Waals surface area contributed by atoms with E-state index >= 15 is 0 Å². The Hall–Kier alpha value is -4.07. The number of carboxylic acid groups (broad SMARTS) is 1. The Labute approximate surface area is 173 Å². The second-order valence-electron chi connectivity index (χ2n) is 6.91. The zero-order chi connectivity index (χ0) is 21.4. The largest absolute Gasteiger partial charge is 0.496 e. The van der Waals surface area contributed by atoms with Gasteiger partial charge in [0.1, 0.15) is 11.3 Å². The van der Waals surface area contributed by atoms with E-state index in [4.69, 9.17) is 10.5 Å². The Morgan fingerprint density at radius 2 is 1.67 bits per heavy atom. The van der Waals surface area contributed by atoms with Crippen LogP contribution in [0, 0.1) is 0 Å². The summed E-state index contributed by atoms with van der Waals surface area (Å²) in [6.45, 7) is 0. The maximum Gasteiger partial charge on any atom is 0.340 e. The van der Waals surface area contributed by atoms with Gasteiger partial charge < -0.3 is 20.6 Å². The number of aromatic carboxylic acids is 1. The maximum absolute atomic E-state index is 12.4. The number of para-hydroxylation sites is 2. The molecule has 2 aromatic carbocycles. The summed E-state index contributed by atoms with van der Waals surface area (Å²) in [7, 11) is 5.33. The van der Waals surface area contributed by atoms with Gasteiger partial charge >= 0.3 is 5.97 Å². The second kappa shape index (κ2) is 7.40. The first kappa shape index (κ1) is 19.3. The number of carbonyl (C=O) groups is 1. The smallest absolute Gasteiger partial charge is 0.340 e. The van der Waals surface area contributed by atoms with E-state index < -0.39 is 5.97 Å². The molecule has 0 fully saturated rings. The van der Waals surface area contributed by atoms with Crippen molar-refractivity contribution in [3.05, 3.63) is 60.3 Å². The monoisotopic (exact) mass is 403 g/mol. The molecule has 2 heterocycles. The molecule has 4 aromatic rings. The average Bonchev–Trinajstić information content (AvgIpc) is 3.12. The van der Waals surface area contributed by atoms with Crippen molar-refractivity contribution in [2.45, 2.75) is 0 Å². The zero-order valence-electron chi connectivity index (χ0n) is 16.8. The zero-order valence-corrected chi connectivity index (χ0v) is 16.8. The van der Waals surface area contributed by atoms with Gasteiger partial charge in [0.25, 0.3) is 0 Å². The van der Waals surface area contributed by atoms with Gasteiger partial charge in [0, 0.05) is 36.8 Å². The lowest BCUT2D eigenvalue weighted by atomic mass is 9.99. The Kier molecular flexibility index (Phi) is 4.75. The Morgan fingerprint density at radius 3 is 2.33 bits per heavy atom. The van der Waals surface area contributed by atoms with Gasteiger partial charge in [-0.1, -0.05) is 30.3 Å². The Bertz CT molecular complexity index is 1260. The summed E-state index contributed by atoms with van der Waals surface area (Å²) in [5, 5.41) is 12.9. The van der Waals surface area contributed by atoms with Crippen LogP contribution in [0.4, 0.5) is 5.95 Å². The van der Waals surface area contributed by atoms with Crippen LogP contribution < -0.4 is 15.5 Å². The molecule has 0 unspecified atom stereocenters. The molecule has 0 amide bonds. The third-order valence-electron chi connectivity index (χ3n) is 4.88. The van der Waals surface area contributed by atoms with Gasteiger partial charge in [0.2, 0.25) is 5.95 Å². The lowest BCUT2D eigenvalue weighted by Gasteiger charge is -2.15. The fraction of sp³-hybridized carbons (Fsp3) is 0.136. The summed E-state index contributed by atoms with van der Waals surface area (Å²) in [5.74, 6) is -0.662. The first-order chi connectivity index (χ1) is 14.4. The van der Waals surface area contributed by atoms with Crippen molar-refractivity contribution in [2.75, 3.05) is 31.9 Å². The van der Waals surface area contributed by atoms with E-state index in [1.807, 2.05) is 54.2 Å². The summed E-state index contributed by atoms with van der Waals surface area (Å²) >= 11 is 0. The van der Waals surface area contributed by atoms with Gasteiger partial charge in [-0.05, 0) is 18.2 Å². The molecule has 0 aliphatic carbocycles. The number of anilines is 1. The van der Waals surface area contributed by atoms with Crippen LogP contribution in [0.2, 0.25) is 0 Å². The first-order valence-electron chi connectivity index (χ1n) is 9.24. The molecule has 0 aliphatic rings. The Morgan fingerprint density at radius 1 is 1.03 bits per heavy atom. The summed E-state index contributed by atoms with van der Waals surface area (Å²) < 4.78 is 7.35. The quantitative estimate of drug-likeness (QED) is 0.527. The van der Waals surface area contributed by atoms with Crippen LogP contribution in [-0.2, 0) is 0 Å². The topological polar surface area (TPSA) is 107 Å². The lowest BCUT2D eigenvalue weighted by molar-refractivity contribution is 0.0698. The van der Waals surface area contributed by atoms with Crippen LogP contribution >= 0.6 is 0 Å². The van der Waals surface area contributed by atoms with Gasteiger partial charge in [-0.25, -0.2) is 14.8 Å². The van der Waals surface area contributed by atoms with Gasteiger partial charge in [0.15, 0.2) is 0 Å². The molecule has 0 aliphatic heterocycles. The molecule has 0 bridgehead atoms. The van der Waals surface area contributed by atoms with E-state index in [0.29, 0.717) is 16.9 Å². The van der Waals surface area contributed by atoms with E-state index in [0.717, 1.165) is 10.9 Å². The molecule has 8 heteroatoms. The van der Waals surface area contributed by atoms with Gasteiger partial charge in [-0.2, -0.15) is 0 Å². The third-order valence-corrected chi connectivity index (χ3v) is 4.88. The molecule has 3 N–H and O–H groups in total. The van der Waals surface area contributed by atoms with Crippen molar-refractivity contribution in [1.82, 2.24) is 14.6 Å². The molecule has 2 aromatic heterocycles. The molecule has 4 rings (SSSR count). The highest BCUT2D eigenvalue weighted by atomic mass is 16.5. The number of rotatable bonds is 5. The van der Waals surface area contributed by atoms with Crippen molar-refractivity contribution in [2.24, 2.45) is 0 Å². The van der Waals surface area contributed by atoms with Crippen molar-refractivity contribution in [1.29, 1.82) is 0 Å². The Balaban J connectivity index is 2.09. The number of aromatic nitrogens is 3. The van der Waals surface area contributed by atoms with E-state index in [1.54, 1.807) is 24.3 Å². The number of nitrogens with zero attached hydrogens (tertiary/aromatic N) is 4. The summed E-state index contributed by atoms with van der Waals surface area (Å²) in [6, 6.07) is 14.8. The third kappa shape index (κ3) is 3.08. The molecular weight excluding hydrogens is 382 g/mol. The number of ether oxygens (including phenoxy) is 1. The highest BCUT2D eigenvalue weighted by Crippen LogP contribution is 2.38. The normalized spacial score (nSPS) is 10.9. The molecule has 30 heavy (non-hydrogen) atoms. The first-order valence-corrected chi connectivity index (χ1v) is 9.24. The molecule has 152 valence electrons. The predicted molar refractivity (Wildman–Crippen MR) is 116 cm³/mol. The number of benzene rings is 2. The highest BCUT2D eigenvalue weighted by molar-refractivity contribution is 6.06. The van der Waals surface area contributed by atoms with Crippen molar-refractivity contribution in [3.8, 4) is 28.3 Å². The van der Waals surface area contributed by atoms with Crippen LogP contribution in [0.25, 0.3) is 33.4 Å². The lowest BCUT2D eigenvalue weighted by Crippen LogP contribution is -2.23. The molecule has 0 saturated carbocycles. The van der Waals surface area contributed by atoms with E-state index in [-0.39, 0.29) is 22.9 Å². The number of methoxy groups -OCH3 is 1. The minimum Gasteiger partial charge on any atom is -0.496 e. The van der Waals surface area contributed by atoms with E-state index in [1.165, 1.54) is 7.11 Å². The van der Waals surface area contributed by atoms with Crippen LogP contribution in [0.5, 0.6) is 5.75 Å². The van der Waals surface area contributed by atoms with Gasteiger partial charge in [0.05, 0.1) is 24.0 Å². The highest BCUT2D eigenvalue weighted by Gasteiger charge is 2.26. The SMILES string of the molecule is COc1ccccc1-c1nc(N)nc(-c2cn(N(C)C)c3ccccc23)c1C(=O)O. The van der Waals surface area contributed by atoms with Crippen molar-refractivity contribution < 1.29 is 14.6 Å². The molecule has 8 nitrogen and oxygen atoms in total. The minimum atomic E-state index is -1.15.